The van der Waals surface area contributed by atoms with Crippen molar-refractivity contribution in [1.29, 1.82) is 0 Å². The van der Waals surface area contributed by atoms with Crippen molar-refractivity contribution in [2.75, 3.05) is 25.1 Å². The molecule has 194 valence electrons. The predicted octanol–water partition coefficient (Wildman–Crippen LogP) is 4.49. The standard InChI is InChI=1S/C25H28Cl3N3O5/c26-16-3-1-15(2-4-16)11-29-24(33)10-19-6-8-22-23(36-19)14-35-13-18(32)12-31(22)25(34)30-17-5-7-20(27)21(28)9-17/h1-5,7,9,18-19,22-23,32H,6,8,10-14H2,(H,29,33)(H,30,34)/t18-,19+,22-,23+/m1/s1. The van der Waals surface area contributed by atoms with E-state index < -0.39 is 12.2 Å². The molecule has 2 aliphatic heterocycles. The van der Waals surface area contributed by atoms with Gasteiger partial charge >= 0.3 is 6.03 Å². The summed E-state index contributed by atoms with van der Waals surface area (Å²) in [4.78, 5) is 27.3. The highest BCUT2D eigenvalue weighted by Crippen LogP contribution is 2.29. The Bertz CT molecular complexity index is 1070. The first kappa shape index (κ1) is 27.0. The van der Waals surface area contributed by atoms with Crippen molar-refractivity contribution in [3.05, 3.63) is 63.1 Å². The molecule has 0 unspecified atom stereocenters. The number of nitrogens with one attached hydrogen (secondary N) is 2. The highest BCUT2D eigenvalue weighted by Gasteiger charge is 2.40. The number of aliphatic hydroxyl groups is 1. The number of rotatable bonds is 5. The number of ether oxygens (including phenoxy) is 2. The number of halogens is 3. The molecule has 11 heteroatoms. The quantitative estimate of drug-likeness (QED) is 0.504. The fraction of sp³-hybridized carbons (Fsp3) is 0.440. The Labute approximate surface area is 224 Å². The molecule has 2 saturated heterocycles. The van der Waals surface area contributed by atoms with Crippen molar-refractivity contribution in [2.24, 2.45) is 0 Å². The Balaban J connectivity index is 1.36. The molecule has 0 aromatic heterocycles. The highest BCUT2D eigenvalue weighted by atomic mass is 35.5. The van der Waals surface area contributed by atoms with E-state index in [0.29, 0.717) is 40.1 Å². The van der Waals surface area contributed by atoms with Crippen molar-refractivity contribution < 1.29 is 24.2 Å². The van der Waals surface area contributed by atoms with Crippen LogP contribution in [-0.2, 0) is 20.8 Å². The van der Waals surface area contributed by atoms with Gasteiger partial charge in [-0.05, 0) is 48.7 Å². The molecule has 36 heavy (non-hydrogen) atoms. The molecular weight excluding hydrogens is 529 g/mol. The Morgan fingerprint density at radius 2 is 1.81 bits per heavy atom. The lowest BCUT2D eigenvalue weighted by molar-refractivity contribution is -0.149. The molecule has 0 bridgehead atoms. The Kier molecular flexibility index (Phi) is 9.33. The maximum atomic E-state index is 13.2. The Morgan fingerprint density at radius 1 is 1.03 bits per heavy atom. The van der Waals surface area contributed by atoms with Crippen LogP contribution in [0.3, 0.4) is 0 Å². The van der Waals surface area contributed by atoms with Gasteiger partial charge in [0.1, 0.15) is 6.10 Å². The number of aliphatic hydroxyl groups excluding tert-OH is 1. The first-order chi connectivity index (χ1) is 17.3. The summed E-state index contributed by atoms with van der Waals surface area (Å²) < 4.78 is 11.8. The van der Waals surface area contributed by atoms with Gasteiger partial charge in [-0.3, -0.25) is 4.79 Å². The van der Waals surface area contributed by atoms with Crippen LogP contribution in [0.15, 0.2) is 42.5 Å². The fourth-order valence-corrected chi connectivity index (χ4v) is 4.85. The zero-order chi connectivity index (χ0) is 25.7. The van der Waals surface area contributed by atoms with Crippen LogP contribution in [0.5, 0.6) is 0 Å². The summed E-state index contributed by atoms with van der Waals surface area (Å²) in [5.41, 5.74) is 1.44. The number of anilines is 1. The largest absolute Gasteiger partial charge is 0.389 e. The minimum atomic E-state index is -0.832. The number of fused-ring (bicyclic) bond motifs is 1. The molecule has 0 radical (unpaired) electrons. The Hall–Kier alpha value is -2.07. The average Bonchev–Trinajstić information content (AvgIpc) is 2.84. The van der Waals surface area contributed by atoms with Gasteiger partial charge in [-0.15, -0.1) is 0 Å². The van der Waals surface area contributed by atoms with Gasteiger partial charge in [0.15, 0.2) is 0 Å². The molecule has 2 aromatic rings. The number of carbonyl (C=O) groups is 2. The second-order valence-electron chi connectivity index (χ2n) is 8.95. The van der Waals surface area contributed by atoms with E-state index >= 15 is 0 Å². The van der Waals surface area contributed by atoms with Crippen molar-refractivity contribution in [1.82, 2.24) is 10.2 Å². The van der Waals surface area contributed by atoms with Gasteiger partial charge in [-0.2, -0.15) is 0 Å². The van der Waals surface area contributed by atoms with Gasteiger partial charge < -0.3 is 30.1 Å². The van der Waals surface area contributed by atoms with E-state index in [0.717, 1.165) is 5.56 Å². The third-order valence-corrected chi connectivity index (χ3v) is 7.22. The van der Waals surface area contributed by atoms with Crippen molar-refractivity contribution in [3.63, 3.8) is 0 Å². The SMILES string of the molecule is O=C(C[C@@H]1CC[C@@H]2[C@H](COC[C@H](O)CN2C(=O)Nc2ccc(Cl)c(Cl)c2)O1)NCc1ccc(Cl)cc1. The summed E-state index contributed by atoms with van der Waals surface area (Å²) >= 11 is 17.9. The zero-order valence-electron chi connectivity index (χ0n) is 19.5. The zero-order valence-corrected chi connectivity index (χ0v) is 21.7. The molecule has 8 nitrogen and oxygen atoms in total. The first-order valence-electron chi connectivity index (χ1n) is 11.7. The molecule has 2 heterocycles. The van der Waals surface area contributed by atoms with Crippen molar-refractivity contribution in [2.45, 2.75) is 50.2 Å². The normalized spacial score (nSPS) is 24.3. The van der Waals surface area contributed by atoms with E-state index in [1.54, 1.807) is 35.2 Å². The monoisotopic (exact) mass is 555 g/mol. The van der Waals surface area contributed by atoms with Crippen molar-refractivity contribution >= 4 is 52.4 Å². The summed E-state index contributed by atoms with van der Waals surface area (Å²) in [5, 5.41) is 17.4. The van der Waals surface area contributed by atoms with Crippen LogP contribution >= 0.6 is 34.8 Å². The van der Waals surface area contributed by atoms with Crippen LogP contribution in [-0.4, -0.2) is 66.1 Å². The number of carbonyl (C=O) groups excluding carboxylic acids is 2. The molecule has 4 atom stereocenters. The maximum Gasteiger partial charge on any atom is 0.322 e. The summed E-state index contributed by atoms with van der Waals surface area (Å²) in [7, 11) is 0. The van der Waals surface area contributed by atoms with E-state index in [2.05, 4.69) is 10.6 Å². The van der Waals surface area contributed by atoms with Crippen molar-refractivity contribution in [3.8, 4) is 0 Å². The van der Waals surface area contributed by atoms with Gasteiger partial charge in [0.05, 0.1) is 54.5 Å². The summed E-state index contributed by atoms with van der Waals surface area (Å²) in [6.45, 7) is 0.777. The summed E-state index contributed by atoms with van der Waals surface area (Å²) in [6, 6.07) is 11.4. The van der Waals surface area contributed by atoms with Crippen LogP contribution in [0.1, 0.15) is 24.8 Å². The van der Waals surface area contributed by atoms with Gasteiger partial charge in [0.25, 0.3) is 0 Å². The topological polar surface area (TPSA) is 100 Å². The molecule has 4 rings (SSSR count). The van der Waals surface area contributed by atoms with Crippen LogP contribution in [0.25, 0.3) is 0 Å². The third kappa shape index (κ3) is 7.25. The number of urea groups is 1. The number of nitrogens with zero attached hydrogens (tertiary/aromatic N) is 1. The molecule has 3 amide bonds. The van der Waals surface area contributed by atoms with E-state index in [1.807, 2.05) is 12.1 Å². The van der Waals surface area contributed by atoms with Crippen LogP contribution in [0, 0.1) is 0 Å². The number of hydrogen-bond donors (Lipinski definition) is 3. The van der Waals surface area contributed by atoms with Gasteiger partial charge in [0, 0.05) is 17.3 Å². The molecule has 2 aromatic carbocycles. The predicted molar refractivity (Wildman–Crippen MR) is 139 cm³/mol. The summed E-state index contributed by atoms with van der Waals surface area (Å²) in [6.07, 6.45) is -0.173. The molecule has 3 N–H and O–H groups in total. The molecule has 2 aliphatic rings. The lowest BCUT2D eigenvalue weighted by Crippen LogP contribution is -2.58. The molecular formula is C25H28Cl3N3O5. The van der Waals surface area contributed by atoms with Gasteiger partial charge in [-0.1, -0.05) is 46.9 Å². The van der Waals surface area contributed by atoms with E-state index in [4.69, 9.17) is 44.3 Å². The molecule has 0 spiro atoms. The third-order valence-electron chi connectivity index (χ3n) is 6.23. The smallest absolute Gasteiger partial charge is 0.322 e. The van der Waals surface area contributed by atoms with Gasteiger partial charge in [-0.25, -0.2) is 4.79 Å². The van der Waals surface area contributed by atoms with Crippen LogP contribution in [0.4, 0.5) is 10.5 Å². The van der Waals surface area contributed by atoms with Crippen LogP contribution < -0.4 is 10.6 Å². The number of benzene rings is 2. The van der Waals surface area contributed by atoms with Gasteiger partial charge in [0.2, 0.25) is 5.91 Å². The highest BCUT2D eigenvalue weighted by molar-refractivity contribution is 6.42. The number of amides is 3. The lowest BCUT2D eigenvalue weighted by Gasteiger charge is -2.44. The minimum absolute atomic E-state index is 0.0787. The lowest BCUT2D eigenvalue weighted by atomic mass is 9.95. The molecule has 2 fully saturated rings. The molecule has 0 saturated carbocycles. The Morgan fingerprint density at radius 3 is 2.56 bits per heavy atom. The number of β-amino-alcohol motifs (C(OH)–C–C–N with tert-alkyl or cyclic N) is 1. The second kappa shape index (κ2) is 12.4. The fourth-order valence-electron chi connectivity index (χ4n) is 4.43. The van der Waals surface area contributed by atoms with E-state index in [9.17, 15) is 14.7 Å². The first-order valence-corrected chi connectivity index (χ1v) is 12.9. The summed E-state index contributed by atoms with van der Waals surface area (Å²) in [5.74, 6) is -0.121. The maximum absolute atomic E-state index is 13.2. The van der Waals surface area contributed by atoms with E-state index in [1.165, 1.54) is 0 Å². The van der Waals surface area contributed by atoms with Crippen LogP contribution in [0.2, 0.25) is 15.1 Å². The number of hydrogen-bond acceptors (Lipinski definition) is 5. The average molecular weight is 557 g/mol. The second-order valence-corrected chi connectivity index (χ2v) is 10.2. The molecule has 0 aliphatic carbocycles. The minimum Gasteiger partial charge on any atom is -0.389 e. The van der Waals surface area contributed by atoms with E-state index in [-0.39, 0.29) is 50.3 Å².